The average Bonchev–Trinajstić information content (AvgIpc) is 2.17. The van der Waals surface area contributed by atoms with E-state index in [1.165, 1.54) is 38.8 Å². The second kappa shape index (κ2) is 4.19. The Bertz CT molecular complexity index is 191. The molecule has 0 aromatic carbocycles. The van der Waals surface area contributed by atoms with E-state index in [9.17, 15) is 0 Å². The lowest BCUT2D eigenvalue weighted by atomic mass is 9.72. The van der Waals surface area contributed by atoms with E-state index in [1.54, 1.807) is 0 Å². The van der Waals surface area contributed by atoms with Crippen molar-refractivity contribution in [3.8, 4) is 0 Å². The van der Waals surface area contributed by atoms with Gasteiger partial charge < -0.3 is 10.6 Å². The van der Waals surface area contributed by atoms with Gasteiger partial charge in [0.2, 0.25) is 0 Å². The van der Waals surface area contributed by atoms with E-state index < -0.39 is 0 Å². The third-order valence-electron chi connectivity index (χ3n) is 4.22. The molecule has 2 heteroatoms. The van der Waals surface area contributed by atoms with Crippen LogP contribution in [0.2, 0.25) is 0 Å². The Morgan fingerprint density at radius 3 is 2.71 bits per heavy atom. The van der Waals surface area contributed by atoms with E-state index in [4.69, 9.17) is 5.73 Å². The van der Waals surface area contributed by atoms with Gasteiger partial charge in [0.25, 0.3) is 0 Å². The lowest BCUT2D eigenvalue weighted by Gasteiger charge is -2.45. The Hall–Kier alpha value is -0.0800. The highest BCUT2D eigenvalue weighted by atomic mass is 15.2. The Balaban J connectivity index is 1.96. The summed E-state index contributed by atoms with van der Waals surface area (Å²) in [5.74, 6) is 1.73. The fourth-order valence-corrected chi connectivity index (χ4v) is 3.25. The second-order valence-corrected chi connectivity index (χ2v) is 5.40. The lowest BCUT2D eigenvalue weighted by molar-refractivity contribution is 0.0557. The van der Waals surface area contributed by atoms with Crippen molar-refractivity contribution in [1.29, 1.82) is 0 Å². The number of nitrogens with two attached hydrogens (primary N) is 1. The summed E-state index contributed by atoms with van der Waals surface area (Å²) in [6.45, 7) is 7.19. The fraction of sp³-hybridized carbons (Fsp3) is 1.00. The molecule has 1 aliphatic carbocycles. The SMILES string of the molecule is CC(C)N1CCC2C(N)CCCC2C1. The third-order valence-corrected chi connectivity index (χ3v) is 4.22. The first-order valence-corrected chi connectivity index (χ1v) is 6.18. The molecular weight excluding hydrogens is 172 g/mol. The van der Waals surface area contributed by atoms with Gasteiger partial charge in [0.1, 0.15) is 0 Å². The van der Waals surface area contributed by atoms with Crippen LogP contribution in [0.15, 0.2) is 0 Å². The Morgan fingerprint density at radius 2 is 2.00 bits per heavy atom. The van der Waals surface area contributed by atoms with Crippen molar-refractivity contribution >= 4 is 0 Å². The van der Waals surface area contributed by atoms with Crippen LogP contribution in [0.5, 0.6) is 0 Å². The maximum absolute atomic E-state index is 6.19. The summed E-state index contributed by atoms with van der Waals surface area (Å²) in [5, 5.41) is 0. The van der Waals surface area contributed by atoms with Crippen molar-refractivity contribution in [2.24, 2.45) is 17.6 Å². The van der Waals surface area contributed by atoms with Gasteiger partial charge >= 0.3 is 0 Å². The van der Waals surface area contributed by atoms with E-state index in [0.717, 1.165) is 11.8 Å². The lowest BCUT2D eigenvalue weighted by Crippen LogP contribution is -2.50. The van der Waals surface area contributed by atoms with Gasteiger partial charge in [-0.1, -0.05) is 6.42 Å². The summed E-state index contributed by atoms with van der Waals surface area (Å²) in [6, 6.07) is 1.22. The van der Waals surface area contributed by atoms with Crippen molar-refractivity contribution in [3.05, 3.63) is 0 Å². The van der Waals surface area contributed by atoms with Crippen LogP contribution >= 0.6 is 0 Å². The maximum Gasteiger partial charge on any atom is 0.00707 e. The van der Waals surface area contributed by atoms with Crippen molar-refractivity contribution in [3.63, 3.8) is 0 Å². The maximum atomic E-state index is 6.19. The second-order valence-electron chi connectivity index (χ2n) is 5.40. The minimum absolute atomic E-state index is 0.503. The molecule has 0 amide bonds. The predicted molar refractivity (Wildman–Crippen MR) is 60.1 cm³/mol. The molecule has 1 saturated carbocycles. The first-order chi connectivity index (χ1) is 6.68. The summed E-state index contributed by atoms with van der Waals surface area (Å²) in [5.41, 5.74) is 6.19. The fourth-order valence-electron chi connectivity index (χ4n) is 3.25. The zero-order valence-electron chi connectivity index (χ0n) is 9.58. The van der Waals surface area contributed by atoms with E-state index >= 15 is 0 Å². The molecular formula is C12H24N2. The number of fused-ring (bicyclic) bond motifs is 1. The van der Waals surface area contributed by atoms with Crippen LogP contribution in [0, 0.1) is 11.8 Å². The number of hydrogen-bond donors (Lipinski definition) is 1. The normalized spacial score (nSPS) is 39.9. The number of nitrogens with zero attached hydrogens (tertiary/aromatic N) is 1. The van der Waals surface area contributed by atoms with Crippen LogP contribution in [-0.2, 0) is 0 Å². The van der Waals surface area contributed by atoms with Gasteiger partial charge in [0.05, 0.1) is 0 Å². The predicted octanol–water partition coefficient (Wildman–Crippen LogP) is 1.84. The van der Waals surface area contributed by atoms with Gasteiger partial charge in [0.15, 0.2) is 0 Å². The molecule has 0 spiro atoms. The van der Waals surface area contributed by atoms with Crippen molar-refractivity contribution in [2.45, 2.75) is 51.6 Å². The van der Waals surface area contributed by atoms with Gasteiger partial charge in [-0.15, -0.1) is 0 Å². The number of piperidine rings is 1. The van der Waals surface area contributed by atoms with E-state index in [0.29, 0.717) is 12.1 Å². The van der Waals surface area contributed by atoms with Crippen molar-refractivity contribution in [2.75, 3.05) is 13.1 Å². The molecule has 0 aromatic heterocycles. The van der Waals surface area contributed by atoms with E-state index in [1.807, 2.05) is 0 Å². The van der Waals surface area contributed by atoms with Crippen LogP contribution in [0.25, 0.3) is 0 Å². The van der Waals surface area contributed by atoms with E-state index in [-0.39, 0.29) is 0 Å². The number of likely N-dealkylation sites (tertiary alicyclic amines) is 1. The molecule has 2 fully saturated rings. The minimum atomic E-state index is 0.503. The molecule has 0 aromatic rings. The zero-order valence-corrected chi connectivity index (χ0v) is 9.58. The molecule has 2 nitrogen and oxygen atoms in total. The highest BCUT2D eigenvalue weighted by molar-refractivity contribution is 4.90. The number of rotatable bonds is 1. The van der Waals surface area contributed by atoms with Gasteiger partial charge in [-0.3, -0.25) is 0 Å². The van der Waals surface area contributed by atoms with Crippen LogP contribution in [-0.4, -0.2) is 30.1 Å². The molecule has 3 atom stereocenters. The summed E-state index contributed by atoms with van der Waals surface area (Å²) in [6.07, 6.45) is 5.38. The van der Waals surface area contributed by atoms with E-state index in [2.05, 4.69) is 18.7 Å². The average molecular weight is 196 g/mol. The van der Waals surface area contributed by atoms with Gasteiger partial charge in [-0.25, -0.2) is 0 Å². The van der Waals surface area contributed by atoms with Crippen LogP contribution < -0.4 is 5.73 Å². The van der Waals surface area contributed by atoms with Crippen LogP contribution in [0.4, 0.5) is 0 Å². The smallest absolute Gasteiger partial charge is 0.00707 e. The molecule has 2 aliphatic rings. The molecule has 0 bridgehead atoms. The first kappa shape index (κ1) is 10.4. The summed E-state index contributed by atoms with van der Waals surface area (Å²) in [4.78, 5) is 2.62. The molecule has 82 valence electrons. The first-order valence-electron chi connectivity index (χ1n) is 6.18. The topological polar surface area (TPSA) is 29.3 Å². The highest BCUT2D eigenvalue weighted by Gasteiger charge is 2.35. The van der Waals surface area contributed by atoms with Gasteiger partial charge in [-0.05, 0) is 51.5 Å². The van der Waals surface area contributed by atoms with Crippen LogP contribution in [0.3, 0.4) is 0 Å². The molecule has 1 heterocycles. The summed E-state index contributed by atoms with van der Waals surface area (Å²) >= 11 is 0. The highest BCUT2D eigenvalue weighted by Crippen LogP contribution is 2.35. The molecule has 1 saturated heterocycles. The zero-order chi connectivity index (χ0) is 10.1. The molecule has 14 heavy (non-hydrogen) atoms. The summed E-state index contributed by atoms with van der Waals surface area (Å²) in [7, 11) is 0. The standard InChI is InChI=1S/C12H24N2/c1-9(2)14-7-6-11-10(8-14)4-3-5-12(11)13/h9-12H,3-8,13H2,1-2H3. The Kier molecular flexibility index (Phi) is 3.13. The quantitative estimate of drug-likeness (QED) is 0.693. The molecule has 2 N–H and O–H groups in total. The number of hydrogen-bond acceptors (Lipinski definition) is 2. The van der Waals surface area contributed by atoms with Crippen LogP contribution in [0.1, 0.15) is 39.5 Å². The minimum Gasteiger partial charge on any atom is -0.327 e. The third kappa shape index (κ3) is 1.96. The van der Waals surface area contributed by atoms with Crippen molar-refractivity contribution in [1.82, 2.24) is 4.90 Å². The molecule has 2 rings (SSSR count). The largest absolute Gasteiger partial charge is 0.327 e. The Morgan fingerprint density at radius 1 is 1.21 bits per heavy atom. The van der Waals surface area contributed by atoms with Gasteiger partial charge in [0, 0.05) is 18.6 Å². The molecule has 1 aliphatic heterocycles. The van der Waals surface area contributed by atoms with Gasteiger partial charge in [-0.2, -0.15) is 0 Å². The summed E-state index contributed by atoms with van der Waals surface area (Å²) < 4.78 is 0. The Labute approximate surface area is 87.8 Å². The van der Waals surface area contributed by atoms with Crippen molar-refractivity contribution < 1.29 is 0 Å². The monoisotopic (exact) mass is 196 g/mol. The molecule has 0 radical (unpaired) electrons. The molecule has 3 unspecified atom stereocenters.